The van der Waals surface area contributed by atoms with Crippen molar-refractivity contribution in [1.82, 2.24) is 0 Å². The number of nitro groups is 2. The summed E-state index contributed by atoms with van der Waals surface area (Å²) < 4.78 is 6.06. The highest BCUT2D eigenvalue weighted by Gasteiger charge is 2.72. The number of fused-ring (bicyclic) bond motifs is 2. The number of rotatable bonds is 5. The van der Waals surface area contributed by atoms with Crippen LogP contribution >= 0.6 is 0 Å². The zero-order chi connectivity index (χ0) is 16.6. The zero-order valence-corrected chi connectivity index (χ0v) is 12.8. The zero-order valence-electron chi connectivity index (χ0n) is 12.8. The lowest BCUT2D eigenvalue weighted by atomic mass is 9.44. The summed E-state index contributed by atoms with van der Waals surface area (Å²) in [5.74, 6) is 4.28. The van der Waals surface area contributed by atoms with E-state index in [1.807, 2.05) is 0 Å². The summed E-state index contributed by atoms with van der Waals surface area (Å²) in [6.07, 6.45) is 5.90. The second-order valence-corrected chi connectivity index (χ2v) is 7.35. The molecule has 3 saturated carbocycles. The van der Waals surface area contributed by atoms with Gasteiger partial charge >= 0.3 is 0 Å². The van der Waals surface area contributed by atoms with E-state index in [1.54, 1.807) is 0 Å². The van der Waals surface area contributed by atoms with E-state index in [0.29, 0.717) is 17.4 Å². The van der Waals surface area contributed by atoms with Crippen LogP contribution in [0.25, 0.3) is 0 Å². The minimum atomic E-state index is -0.621. The first-order valence-electron chi connectivity index (χ1n) is 8.28. The fraction of sp³-hybridized carbons (Fsp3) is 0.529. The van der Waals surface area contributed by atoms with E-state index >= 15 is 0 Å². The van der Waals surface area contributed by atoms with Crippen molar-refractivity contribution in [3.05, 3.63) is 56.1 Å². The van der Waals surface area contributed by atoms with Crippen LogP contribution in [0.1, 0.15) is 12.0 Å². The molecular weight excluding hydrogens is 312 g/mol. The largest absolute Gasteiger partial charge is 0.373 e. The van der Waals surface area contributed by atoms with Crippen molar-refractivity contribution in [2.45, 2.75) is 19.1 Å². The van der Waals surface area contributed by atoms with E-state index in [9.17, 15) is 20.2 Å². The van der Waals surface area contributed by atoms with Crippen molar-refractivity contribution in [2.24, 2.45) is 35.5 Å². The first kappa shape index (κ1) is 14.1. The van der Waals surface area contributed by atoms with E-state index in [0.717, 1.165) is 36.2 Å². The summed E-state index contributed by atoms with van der Waals surface area (Å²) in [5.41, 5.74) is -0.104. The molecule has 0 unspecified atom stereocenters. The third-order valence-corrected chi connectivity index (χ3v) is 6.63. The van der Waals surface area contributed by atoms with Crippen LogP contribution in [0.2, 0.25) is 0 Å². The second kappa shape index (κ2) is 4.63. The Morgan fingerprint density at radius 1 is 1.04 bits per heavy atom. The first-order chi connectivity index (χ1) is 11.6. The topological polar surface area (TPSA) is 95.5 Å². The lowest BCUT2D eigenvalue weighted by Gasteiger charge is -2.60. The summed E-state index contributed by atoms with van der Waals surface area (Å²) in [5, 5.41) is 22.0. The third-order valence-electron chi connectivity index (χ3n) is 6.63. The van der Waals surface area contributed by atoms with Crippen LogP contribution in [0.15, 0.2) is 30.4 Å². The average molecular weight is 328 g/mol. The van der Waals surface area contributed by atoms with Crippen molar-refractivity contribution in [2.75, 3.05) is 0 Å². The number of nitrogens with zero attached hydrogens (tertiary/aromatic N) is 2. The van der Waals surface area contributed by atoms with Crippen molar-refractivity contribution >= 4 is 11.4 Å². The van der Waals surface area contributed by atoms with Crippen LogP contribution in [0, 0.1) is 55.7 Å². The highest BCUT2D eigenvalue weighted by Crippen LogP contribution is 2.75. The van der Waals surface area contributed by atoms with Gasteiger partial charge in [-0.3, -0.25) is 20.2 Å². The molecule has 7 heteroatoms. The number of non-ortho nitro benzene ring substituents is 1. The van der Waals surface area contributed by atoms with E-state index in [2.05, 4.69) is 12.2 Å². The number of hydrogen-bond acceptors (Lipinski definition) is 5. The quantitative estimate of drug-likeness (QED) is 0.470. The van der Waals surface area contributed by atoms with Gasteiger partial charge in [-0.05, 0) is 48.0 Å². The number of benzene rings is 1. The van der Waals surface area contributed by atoms with Crippen LogP contribution in [0.5, 0.6) is 0 Å². The molecular formula is C17H16N2O5. The van der Waals surface area contributed by atoms with Crippen molar-refractivity contribution < 1.29 is 14.6 Å². The molecule has 1 aromatic rings. The van der Waals surface area contributed by atoms with Gasteiger partial charge in [-0.2, -0.15) is 0 Å². The maximum Gasteiger partial charge on any atom is 0.281 e. The highest BCUT2D eigenvalue weighted by atomic mass is 16.6. The molecule has 0 saturated heterocycles. The van der Waals surface area contributed by atoms with Gasteiger partial charge < -0.3 is 4.74 Å². The molecule has 5 rings (SSSR count). The standard InChI is InChI=1S/C17H16N2O5/c20-18(21)9-2-1-8(13(5-9)19(22)23)7-24-14-6-12-10-3-4-11-15(10)17(12)16(11)14/h1-5,10-12,14-17H,6-7H2/t10-,11+,12+,14+,15+,16+,17+/m0/s1. The second-order valence-electron chi connectivity index (χ2n) is 7.35. The molecule has 0 radical (unpaired) electrons. The Bertz CT molecular complexity index is 791. The molecule has 4 aliphatic rings. The van der Waals surface area contributed by atoms with Crippen LogP contribution in [-0.2, 0) is 11.3 Å². The first-order valence-corrected chi connectivity index (χ1v) is 8.28. The smallest absolute Gasteiger partial charge is 0.281 e. The summed E-state index contributed by atoms with van der Waals surface area (Å²) in [4.78, 5) is 20.8. The van der Waals surface area contributed by atoms with E-state index < -0.39 is 9.85 Å². The molecule has 0 aliphatic heterocycles. The lowest BCUT2D eigenvalue weighted by Crippen LogP contribution is -2.57. The van der Waals surface area contributed by atoms with E-state index in [4.69, 9.17) is 4.74 Å². The van der Waals surface area contributed by atoms with Gasteiger partial charge in [0.15, 0.2) is 0 Å². The monoisotopic (exact) mass is 328 g/mol. The van der Waals surface area contributed by atoms with Gasteiger partial charge in [0.2, 0.25) is 0 Å². The summed E-state index contributed by atoms with van der Waals surface area (Å²) in [7, 11) is 0. The van der Waals surface area contributed by atoms with Crippen molar-refractivity contribution in [3.63, 3.8) is 0 Å². The Morgan fingerprint density at radius 3 is 2.58 bits per heavy atom. The summed E-state index contributed by atoms with van der Waals surface area (Å²) in [6, 6.07) is 3.75. The maximum atomic E-state index is 11.2. The number of nitro benzene ring substituents is 2. The molecule has 0 amide bonds. The predicted octanol–water partition coefficient (Wildman–Crippen LogP) is 3.09. The maximum absolute atomic E-state index is 11.2. The average Bonchev–Trinajstić information content (AvgIpc) is 2.81. The summed E-state index contributed by atoms with van der Waals surface area (Å²) >= 11 is 0. The normalized spacial score (nSPS) is 39.9. The van der Waals surface area contributed by atoms with Crippen molar-refractivity contribution in [3.8, 4) is 0 Å². The molecule has 4 aliphatic carbocycles. The Hall–Kier alpha value is -2.28. The fourth-order valence-corrected chi connectivity index (χ4v) is 5.71. The van der Waals surface area contributed by atoms with Gasteiger partial charge in [0.25, 0.3) is 11.4 Å². The Balaban J connectivity index is 1.33. The fourth-order valence-electron chi connectivity index (χ4n) is 5.71. The van der Waals surface area contributed by atoms with Crippen LogP contribution < -0.4 is 0 Å². The van der Waals surface area contributed by atoms with Gasteiger partial charge in [0, 0.05) is 6.07 Å². The Labute approximate surface area is 137 Å². The SMILES string of the molecule is O=[N+]([O-])c1ccc(CO[C@@H]2C[C@@H]3[C@@H]4C=C[C@@H]5[C@@H]4[C@@H]3[C@H]52)c([N+](=O)[O-])c1. The third kappa shape index (κ3) is 1.65. The highest BCUT2D eigenvalue weighted by molar-refractivity contribution is 5.48. The van der Waals surface area contributed by atoms with Crippen LogP contribution in [0.3, 0.4) is 0 Å². The Kier molecular flexibility index (Phi) is 2.72. The number of hydrogen-bond donors (Lipinski definition) is 0. The van der Waals surface area contributed by atoms with Crippen LogP contribution in [-0.4, -0.2) is 16.0 Å². The molecule has 1 aromatic carbocycles. The molecule has 0 heterocycles. The van der Waals surface area contributed by atoms with Gasteiger partial charge in [0.1, 0.15) is 0 Å². The van der Waals surface area contributed by atoms with E-state index in [1.165, 1.54) is 12.1 Å². The molecule has 7 nitrogen and oxygen atoms in total. The van der Waals surface area contributed by atoms with Crippen molar-refractivity contribution in [1.29, 1.82) is 0 Å². The molecule has 124 valence electrons. The van der Waals surface area contributed by atoms with E-state index in [-0.39, 0.29) is 24.1 Å². The molecule has 24 heavy (non-hydrogen) atoms. The molecule has 0 N–H and O–H groups in total. The van der Waals surface area contributed by atoms with Gasteiger partial charge in [0.05, 0.1) is 34.2 Å². The molecule has 0 spiro atoms. The van der Waals surface area contributed by atoms with Gasteiger partial charge in [-0.15, -0.1) is 0 Å². The minimum Gasteiger partial charge on any atom is -0.373 e. The number of ether oxygens (including phenoxy) is 1. The number of allylic oxidation sites excluding steroid dienone is 2. The molecule has 3 fully saturated rings. The van der Waals surface area contributed by atoms with Gasteiger partial charge in [-0.1, -0.05) is 12.2 Å². The molecule has 0 bridgehead atoms. The Morgan fingerprint density at radius 2 is 1.83 bits per heavy atom. The van der Waals surface area contributed by atoms with Gasteiger partial charge in [-0.25, -0.2) is 0 Å². The summed E-state index contributed by atoms with van der Waals surface area (Å²) in [6.45, 7) is 0.140. The minimum absolute atomic E-state index is 0.140. The lowest BCUT2D eigenvalue weighted by molar-refractivity contribution is -0.394. The molecule has 7 atom stereocenters. The van der Waals surface area contributed by atoms with Crippen LogP contribution in [0.4, 0.5) is 11.4 Å². The predicted molar refractivity (Wildman–Crippen MR) is 83.0 cm³/mol. The molecule has 0 aromatic heterocycles.